The van der Waals surface area contributed by atoms with Gasteiger partial charge in [-0.15, -0.1) is 0 Å². The molecule has 2 heterocycles. The van der Waals surface area contributed by atoms with Crippen LogP contribution in [0.5, 0.6) is 5.75 Å². The predicted octanol–water partition coefficient (Wildman–Crippen LogP) is 6.33. The monoisotopic (exact) mass is 458 g/mol. The lowest BCUT2D eigenvalue weighted by Gasteiger charge is -2.34. The zero-order valence-corrected chi connectivity index (χ0v) is 21.2. The number of hydrogen-bond donors (Lipinski definition) is 0. The Morgan fingerprint density at radius 1 is 1.00 bits per heavy atom. The lowest BCUT2D eigenvalue weighted by Crippen LogP contribution is -2.46. The molecular formula is C26H38N2O5. The maximum Gasteiger partial charge on any atom is 0.419 e. The van der Waals surface area contributed by atoms with Crippen molar-refractivity contribution in [1.29, 1.82) is 0 Å². The average molecular weight is 459 g/mol. The first-order valence-electron chi connectivity index (χ1n) is 11.8. The summed E-state index contributed by atoms with van der Waals surface area (Å²) in [5.74, 6) is 0.950. The van der Waals surface area contributed by atoms with Crippen LogP contribution in [-0.4, -0.2) is 52.0 Å². The van der Waals surface area contributed by atoms with Crippen molar-refractivity contribution in [1.82, 2.24) is 9.47 Å². The van der Waals surface area contributed by atoms with Crippen LogP contribution in [0.2, 0.25) is 0 Å². The molecule has 1 aliphatic rings. The summed E-state index contributed by atoms with van der Waals surface area (Å²) in [6.07, 6.45) is 2.78. The highest BCUT2D eigenvalue weighted by atomic mass is 16.6. The maximum atomic E-state index is 12.8. The molecular weight excluding hydrogens is 420 g/mol. The van der Waals surface area contributed by atoms with E-state index in [9.17, 15) is 9.59 Å². The molecule has 1 aromatic carbocycles. The number of likely N-dealkylation sites (tertiary alicyclic amines) is 1. The van der Waals surface area contributed by atoms with Crippen molar-refractivity contribution in [2.45, 2.75) is 91.5 Å². The molecule has 182 valence electrons. The number of fused-ring (bicyclic) bond motifs is 1. The van der Waals surface area contributed by atoms with Crippen LogP contribution in [0.25, 0.3) is 10.9 Å². The topological polar surface area (TPSA) is 70.0 Å². The highest BCUT2D eigenvalue weighted by Gasteiger charge is 2.29. The molecule has 0 N–H and O–H groups in total. The van der Waals surface area contributed by atoms with E-state index in [0.717, 1.165) is 35.1 Å². The van der Waals surface area contributed by atoms with Crippen LogP contribution < -0.4 is 4.74 Å². The zero-order chi connectivity index (χ0) is 24.6. The molecule has 1 aromatic heterocycles. The SMILES string of the molecule is CC(C)c1cn(C(=O)OC(C)(C)C)c2ccc(OC3CCCN(C(=O)OC(C)(C)C)C3)cc12. The molecule has 1 saturated heterocycles. The van der Waals surface area contributed by atoms with Crippen molar-refractivity contribution < 1.29 is 23.8 Å². The van der Waals surface area contributed by atoms with Crippen molar-refractivity contribution in [3.05, 3.63) is 30.0 Å². The first kappa shape index (κ1) is 24.9. The van der Waals surface area contributed by atoms with Crippen LogP contribution >= 0.6 is 0 Å². The van der Waals surface area contributed by atoms with E-state index in [2.05, 4.69) is 13.8 Å². The summed E-state index contributed by atoms with van der Waals surface area (Å²) in [7, 11) is 0. The van der Waals surface area contributed by atoms with Gasteiger partial charge < -0.3 is 19.1 Å². The standard InChI is InChI=1S/C26H38N2O5/c1-17(2)21-16-28(24(30)33-26(6,7)8)22-12-11-18(14-20(21)22)31-19-10-9-13-27(15-19)23(29)32-25(3,4)5/h11-12,14,16-17,19H,9-10,13,15H2,1-8H3. The van der Waals surface area contributed by atoms with Crippen molar-refractivity contribution >= 4 is 23.1 Å². The van der Waals surface area contributed by atoms with Crippen molar-refractivity contribution in [3.8, 4) is 5.75 Å². The normalized spacial score (nSPS) is 17.4. The quantitative estimate of drug-likeness (QED) is 0.538. The Kier molecular flexibility index (Phi) is 7.01. The largest absolute Gasteiger partial charge is 0.489 e. The smallest absolute Gasteiger partial charge is 0.419 e. The molecule has 0 spiro atoms. The van der Waals surface area contributed by atoms with E-state index in [1.54, 1.807) is 9.47 Å². The number of benzene rings is 1. The molecule has 2 aromatic rings. The van der Waals surface area contributed by atoms with Gasteiger partial charge in [0.1, 0.15) is 23.1 Å². The number of carbonyl (C=O) groups is 2. The Morgan fingerprint density at radius 3 is 2.24 bits per heavy atom. The minimum Gasteiger partial charge on any atom is -0.489 e. The van der Waals surface area contributed by atoms with Gasteiger partial charge in [0, 0.05) is 18.1 Å². The summed E-state index contributed by atoms with van der Waals surface area (Å²) >= 11 is 0. The number of aromatic nitrogens is 1. The van der Waals surface area contributed by atoms with Crippen LogP contribution in [0.3, 0.4) is 0 Å². The molecule has 1 atom stereocenters. The summed E-state index contributed by atoms with van der Waals surface area (Å²) in [6.45, 7) is 16.5. The van der Waals surface area contributed by atoms with E-state index in [-0.39, 0.29) is 18.1 Å². The number of rotatable bonds is 3. The Bertz CT molecular complexity index is 1010. The average Bonchev–Trinajstić information content (AvgIpc) is 3.05. The van der Waals surface area contributed by atoms with Gasteiger partial charge in [0.2, 0.25) is 0 Å². The van der Waals surface area contributed by atoms with Crippen molar-refractivity contribution in [2.24, 2.45) is 0 Å². The van der Waals surface area contributed by atoms with Gasteiger partial charge in [0.05, 0.1) is 12.1 Å². The van der Waals surface area contributed by atoms with Crippen LogP contribution in [0, 0.1) is 0 Å². The van der Waals surface area contributed by atoms with Gasteiger partial charge in [-0.05, 0) is 84.1 Å². The Balaban J connectivity index is 1.81. The van der Waals surface area contributed by atoms with Gasteiger partial charge in [0.25, 0.3) is 0 Å². The first-order valence-corrected chi connectivity index (χ1v) is 11.8. The molecule has 33 heavy (non-hydrogen) atoms. The minimum absolute atomic E-state index is 0.112. The van der Waals surface area contributed by atoms with Crippen LogP contribution in [0.4, 0.5) is 9.59 Å². The van der Waals surface area contributed by atoms with E-state index in [1.807, 2.05) is 65.9 Å². The van der Waals surface area contributed by atoms with Crippen molar-refractivity contribution in [3.63, 3.8) is 0 Å². The molecule has 1 unspecified atom stereocenters. The molecule has 0 aliphatic carbocycles. The van der Waals surface area contributed by atoms with Gasteiger partial charge in [-0.3, -0.25) is 4.57 Å². The van der Waals surface area contributed by atoms with E-state index in [0.29, 0.717) is 13.1 Å². The van der Waals surface area contributed by atoms with Crippen LogP contribution in [0.15, 0.2) is 24.4 Å². The molecule has 0 bridgehead atoms. The summed E-state index contributed by atoms with van der Waals surface area (Å²) in [5, 5.41) is 0.966. The van der Waals surface area contributed by atoms with Crippen molar-refractivity contribution in [2.75, 3.05) is 13.1 Å². The molecule has 1 aliphatic heterocycles. The molecule has 1 amide bonds. The minimum atomic E-state index is -0.574. The van der Waals surface area contributed by atoms with E-state index < -0.39 is 17.3 Å². The fraction of sp³-hybridized carbons (Fsp3) is 0.615. The third kappa shape index (κ3) is 6.42. The Hall–Kier alpha value is -2.70. The summed E-state index contributed by atoms with van der Waals surface area (Å²) in [5.41, 5.74) is 0.750. The summed E-state index contributed by atoms with van der Waals surface area (Å²) in [6, 6.07) is 5.76. The molecule has 3 rings (SSSR count). The van der Waals surface area contributed by atoms with Gasteiger partial charge in [-0.1, -0.05) is 13.8 Å². The summed E-state index contributed by atoms with van der Waals surface area (Å²) in [4.78, 5) is 27.0. The number of nitrogens with zero attached hydrogens (tertiary/aromatic N) is 2. The number of piperidine rings is 1. The number of amides is 1. The van der Waals surface area contributed by atoms with Gasteiger partial charge in [0.15, 0.2) is 0 Å². The highest BCUT2D eigenvalue weighted by molar-refractivity contribution is 5.93. The second-order valence-electron chi connectivity index (χ2n) is 11.1. The molecule has 1 fully saturated rings. The molecule has 0 saturated carbocycles. The van der Waals surface area contributed by atoms with Gasteiger partial charge >= 0.3 is 12.2 Å². The molecule has 0 radical (unpaired) electrons. The fourth-order valence-corrected chi connectivity index (χ4v) is 3.95. The lowest BCUT2D eigenvalue weighted by molar-refractivity contribution is 0.00776. The Labute approximate surface area is 197 Å². The summed E-state index contributed by atoms with van der Waals surface area (Å²) < 4.78 is 19.0. The highest BCUT2D eigenvalue weighted by Crippen LogP contribution is 2.32. The first-order chi connectivity index (χ1) is 15.2. The Morgan fingerprint density at radius 2 is 1.64 bits per heavy atom. The third-order valence-electron chi connectivity index (χ3n) is 5.35. The maximum absolute atomic E-state index is 12.8. The second kappa shape index (κ2) is 9.27. The molecule has 7 nitrogen and oxygen atoms in total. The van der Waals surface area contributed by atoms with Crippen LogP contribution in [0.1, 0.15) is 79.7 Å². The van der Waals surface area contributed by atoms with Crippen LogP contribution in [-0.2, 0) is 9.47 Å². The van der Waals surface area contributed by atoms with E-state index >= 15 is 0 Å². The van der Waals surface area contributed by atoms with Gasteiger partial charge in [-0.25, -0.2) is 9.59 Å². The second-order valence-corrected chi connectivity index (χ2v) is 11.1. The van der Waals surface area contributed by atoms with E-state index in [4.69, 9.17) is 14.2 Å². The number of hydrogen-bond acceptors (Lipinski definition) is 5. The van der Waals surface area contributed by atoms with Gasteiger partial charge in [-0.2, -0.15) is 0 Å². The molecule has 7 heteroatoms. The predicted molar refractivity (Wildman–Crippen MR) is 129 cm³/mol. The zero-order valence-electron chi connectivity index (χ0n) is 21.2. The number of ether oxygens (including phenoxy) is 3. The lowest BCUT2D eigenvalue weighted by atomic mass is 10.0. The third-order valence-corrected chi connectivity index (χ3v) is 5.35. The number of carbonyl (C=O) groups excluding carboxylic acids is 2. The fourth-order valence-electron chi connectivity index (χ4n) is 3.95. The van der Waals surface area contributed by atoms with E-state index in [1.165, 1.54) is 0 Å².